The summed E-state index contributed by atoms with van der Waals surface area (Å²) >= 11 is 0. The maximum Gasteiger partial charge on any atom is 0.416 e. The Morgan fingerprint density at radius 1 is 1.38 bits per heavy atom. The molecule has 0 spiro atoms. The van der Waals surface area contributed by atoms with Gasteiger partial charge in [-0.05, 0) is 37.1 Å². The molecule has 0 bridgehead atoms. The Morgan fingerprint density at radius 2 is 2.15 bits per heavy atom. The van der Waals surface area contributed by atoms with Gasteiger partial charge in [0, 0.05) is 17.9 Å². The lowest BCUT2D eigenvalue weighted by molar-refractivity contribution is -0.140. The normalized spacial score (nSPS) is 30.3. The Morgan fingerprint density at radius 3 is 2.85 bits per heavy atom. The first-order valence-electron chi connectivity index (χ1n) is 8.40. The van der Waals surface area contributed by atoms with Crippen LogP contribution in [0, 0.1) is 17.8 Å². The number of rotatable bonds is 4. The molecule has 2 unspecified atom stereocenters. The van der Waals surface area contributed by atoms with Gasteiger partial charge in [0.1, 0.15) is 29.6 Å². The topological polar surface area (TPSA) is 55.8 Å². The zero-order valence-electron chi connectivity index (χ0n) is 13.9. The summed E-state index contributed by atoms with van der Waals surface area (Å²) in [7, 11) is 0. The zero-order valence-corrected chi connectivity index (χ0v) is 13.9. The highest BCUT2D eigenvalue weighted by molar-refractivity contribution is 5.76. The zero-order chi connectivity index (χ0) is 18.6. The number of hydrogen-bond donors (Lipinski definition) is 1. The van der Waals surface area contributed by atoms with E-state index in [4.69, 9.17) is 14.6 Å². The van der Waals surface area contributed by atoms with Gasteiger partial charge in [0.25, 0.3) is 0 Å². The van der Waals surface area contributed by atoms with Gasteiger partial charge < -0.3 is 14.6 Å². The predicted molar refractivity (Wildman–Crippen MR) is 84.7 cm³/mol. The lowest BCUT2D eigenvalue weighted by atomic mass is 9.92. The van der Waals surface area contributed by atoms with Crippen LogP contribution >= 0.6 is 0 Å². The van der Waals surface area contributed by atoms with E-state index in [9.17, 15) is 18.0 Å². The number of fused-ring (bicyclic) bond motifs is 3. The lowest BCUT2D eigenvalue weighted by Crippen LogP contribution is -2.15. The number of allylic oxidation sites excluding steroid dienone is 3. The summed E-state index contributed by atoms with van der Waals surface area (Å²) < 4.78 is 50.0. The van der Waals surface area contributed by atoms with Crippen molar-refractivity contribution in [2.24, 2.45) is 17.8 Å². The van der Waals surface area contributed by atoms with E-state index in [1.54, 1.807) is 19.1 Å². The van der Waals surface area contributed by atoms with Gasteiger partial charge in [-0.3, -0.25) is 4.79 Å². The van der Waals surface area contributed by atoms with Gasteiger partial charge in [0.2, 0.25) is 0 Å². The monoisotopic (exact) mass is 366 g/mol. The van der Waals surface area contributed by atoms with Crippen molar-refractivity contribution in [3.63, 3.8) is 0 Å². The molecule has 26 heavy (non-hydrogen) atoms. The minimum atomic E-state index is -4.39. The molecule has 0 amide bonds. The largest absolute Gasteiger partial charge is 0.493 e. The molecule has 1 aliphatic heterocycles. The van der Waals surface area contributed by atoms with Crippen molar-refractivity contribution in [3.05, 3.63) is 59.1 Å². The van der Waals surface area contributed by atoms with Gasteiger partial charge in [-0.15, -0.1) is 0 Å². The molecular formula is C19H17F3O4. The first-order chi connectivity index (χ1) is 12.3. The van der Waals surface area contributed by atoms with Crippen molar-refractivity contribution in [1.82, 2.24) is 0 Å². The van der Waals surface area contributed by atoms with E-state index < -0.39 is 29.7 Å². The van der Waals surface area contributed by atoms with Gasteiger partial charge in [-0.2, -0.15) is 13.2 Å². The number of aliphatic carboxylic acids is 1. The molecule has 138 valence electrons. The molecule has 0 radical (unpaired) electrons. The van der Waals surface area contributed by atoms with Crippen LogP contribution in [0.5, 0.6) is 0 Å². The van der Waals surface area contributed by atoms with E-state index in [0.717, 1.165) is 12.1 Å². The molecule has 5 atom stereocenters. The Hall–Kier alpha value is -2.44. The predicted octanol–water partition coefficient (Wildman–Crippen LogP) is 4.30. The quantitative estimate of drug-likeness (QED) is 0.863. The third-order valence-corrected chi connectivity index (χ3v) is 5.25. The average molecular weight is 366 g/mol. The number of benzene rings is 1. The molecule has 1 saturated carbocycles. The van der Waals surface area contributed by atoms with E-state index in [1.807, 2.05) is 6.08 Å². The number of alkyl halides is 3. The number of hydrogen-bond acceptors (Lipinski definition) is 3. The second kappa shape index (κ2) is 5.79. The molecule has 1 N–H and O–H groups in total. The molecule has 2 fully saturated rings. The van der Waals surface area contributed by atoms with Crippen LogP contribution in [-0.4, -0.2) is 17.2 Å². The van der Waals surface area contributed by atoms with Crippen molar-refractivity contribution in [2.75, 3.05) is 0 Å². The van der Waals surface area contributed by atoms with E-state index in [-0.39, 0.29) is 17.9 Å². The highest BCUT2D eigenvalue weighted by Gasteiger charge is 2.66. The molecule has 0 aromatic heterocycles. The highest BCUT2D eigenvalue weighted by Crippen LogP contribution is 2.59. The summed E-state index contributed by atoms with van der Waals surface area (Å²) in [6, 6.07) is 5.07. The van der Waals surface area contributed by atoms with E-state index in [1.165, 1.54) is 6.07 Å². The van der Waals surface area contributed by atoms with Crippen molar-refractivity contribution >= 4 is 5.97 Å². The van der Waals surface area contributed by atoms with Crippen LogP contribution in [0.1, 0.15) is 30.6 Å². The van der Waals surface area contributed by atoms with Crippen LogP contribution in [0.4, 0.5) is 13.2 Å². The number of halogens is 3. The average Bonchev–Trinajstić information content (AvgIpc) is 3.17. The van der Waals surface area contributed by atoms with Crippen LogP contribution in [-0.2, 0) is 20.4 Å². The standard InChI is InChI=1S/C19H17F3O4/c1-9(10-3-2-4-11(7-10)19(20,21)22)25-12-5-6-13-14(8-12)26-17-15(13)16(17)18(23)24/h2-5,7-9,13,15-17H,6H2,1H3,(H,23,24)/t9?,13?,15-,16-,17-/m1/s1. The molecule has 3 aliphatic rings. The molecule has 4 nitrogen and oxygen atoms in total. The van der Waals surface area contributed by atoms with E-state index in [2.05, 4.69) is 0 Å². The molecule has 1 aromatic carbocycles. The van der Waals surface area contributed by atoms with Crippen LogP contribution in [0.25, 0.3) is 0 Å². The Bertz CT molecular complexity index is 811. The fourth-order valence-electron chi connectivity index (χ4n) is 3.85. The SMILES string of the molecule is CC(OC1=CCC2C(=C1)O[C@H]1[C@H](C(=O)O)[C@@H]21)c1cccc(C(F)(F)F)c1. The summed E-state index contributed by atoms with van der Waals surface area (Å²) in [5.41, 5.74) is -0.275. The summed E-state index contributed by atoms with van der Waals surface area (Å²) in [5.74, 6) is 0.0515. The van der Waals surface area contributed by atoms with Gasteiger partial charge in [-0.1, -0.05) is 12.1 Å². The number of ether oxygens (including phenoxy) is 2. The molecular weight excluding hydrogens is 349 g/mol. The van der Waals surface area contributed by atoms with Crippen LogP contribution in [0.3, 0.4) is 0 Å². The van der Waals surface area contributed by atoms with Crippen LogP contribution in [0.15, 0.2) is 47.9 Å². The summed E-state index contributed by atoms with van der Waals surface area (Å²) in [5, 5.41) is 9.11. The van der Waals surface area contributed by atoms with E-state index in [0.29, 0.717) is 23.5 Å². The van der Waals surface area contributed by atoms with Crippen LogP contribution in [0.2, 0.25) is 0 Å². The maximum atomic E-state index is 12.8. The third-order valence-electron chi connectivity index (χ3n) is 5.25. The van der Waals surface area contributed by atoms with Crippen molar-refractivity contribution in [1.29, 1.82) is 0 Å². The van der Waals surface area contributed by atoms with Crippen molar-refractivity contribution < 1.29 is 32.5 Å². The van der Waals surface area contributed by atoms with Gasteiger partial charge in [0.05, 0.1) is 5.56 Å². The van der Waals surface area contributed by atoms with Gasteiger partial charge in [0.15, 0.2) is 0 Å². The van der Waals surface area contributed by atoms with Crippen molar-refractivity contribution in [3.8, 4) is 0 Å². The lowest BCUT2D eigenvalue weighted by Gasteiger charge is -2.23. The smallest absolute Gasteiger partial charge is 0.416 e. The number of carboxylic acid groups (broad SMARTS) is 1. The minimum absolute atomic E-state index is 0.0115. The first kappa shape index (κ1) is 17.0. The minimum Gasteiger partial charge on any atom is -0.493 e. The van der Waals surface area contributed by atoms with E-state index >= 15 is 0 Å². The number of carboxylic acids is 1. The van der Waals surface area contributed by atoms with Gasteiger partial charge >= 0.3 is 12.1 Å². The third kappa shape index (κ3) is 2.85. The number of carbonyl (C=O) groups is 1. The second-order valence-electron chi connectivity index (χ2n) is 6.90. The fourth-order valence-corrected chi connectivity index (χ4v) is 3.85. The van der Waals surface area contributed by atoms with Crippen molar-refractivity contribution in [2.45, 2.75) is 31.7 Å². The summed E-state index contributed by atoms with van der Waals surface area (Å²) in [6.07, 6.45) is -1.03. The molecule has 1 saturated heterocycles. The second-order valence-corrected chi connectivity index (χ2v) is 6.90. The molecule has 2 aliphatic carbocycles. The summed E-state index contributed by atoms with van der Waals surface area (Å²) in [6.45, 7) is 1.69. The highest BCUT2D eigenvalue weighted by atomic mass is 19.4. The molecule has 1 heterocycles. The Labute approximate surface area is 147 Å². The Kier molecular flexibility index (Phi) is 3.78. The fraction of sp³-hybridized carbons (Fsp3) is 0.421. The molecule has 7 heteroatoms. The van der Waals surface area contributed by atoms with Crippen LogP contribution < -0.4 is 0 Å². The summed E-state index contributed by atoms with van der Waals surface area (Å²) in [4.78, 5) is 11.1. The Balaban J connectivity index is 1.43. The molecule has 4 rings (SSSR count). The van der Waals surface area contributed by atoms with Gasteiger partial charge in [-0.25, -0.2) is 0 Å². The molecule has 1 aromatic rings. The first-order valence-corrected chi connectivity index (χ1v) is 8.40. The maximum absolute atomic E-state index is 12.8.